The van der Waals surface area contributed by atoms with Crippen molar-refractivity contribution < 1.29 is 76.3 Å². The highest BCUT2D eigenvalue weighted by molar-refractivity contribution is 9.11. The Morgan fingerprint density at radius 1 is 0.333 bits per heavy atom. The number of hydrogen-bond donors (Lipinski definition) is 0. The van der Waals surface area contributed by atoms with Crippen molar-refractivity contribution in [1.82, 2.24) is 0 Å². The molecule has 8 bridgehead atoms. The molecule has 0 radical (unpaired) electrons. The van der Waals surface area contributed by atoms with Gasteiger partial charge in [-0.15, -0.1) is 23.5 Å². The minimum Gasteiger partial charge on any atom is -0.426 e. The van der Waals surface area contributed by atoms with Gasteiger partial charge in [0, 0.05) is 156 Å². The van der Waals surface area contributed by atoms with Gasteiger partial charge in [0.15, 0.2) is 23.0 Å². The van der Waals surface area contributed by atoms with Gasteiger partial charge in [-0.05, 0) is 94.2 Å². The first kappa shape index (κ1) is 64.3. The number of benzene rings is 6. The van der Waals surface area contributed by atoms with Crippen molar-refractivity contribution in [2.75, 3.05) is 0 Å². The molecule has 440 valence electrons. The van der Waals surface area contributed by atoms with E-state index in [0.717, 1.165) is 20.9 Å². The van der Waals surface area contributed by atoms with Crippen LogP contribution in [0.4, 0.5) is 0 Å². The molecule has 7 rings (SSSR count). The maximum atomic E-state index is 13.6. The highest BCUT2D eigenvalue weighted by atomic mass is 79.9. The lowest BCUT2D eigenvalue weighted by molar-refractivity contribution is -0.133. The summed E-state index contributed by atoms with van der Waals surface area (Å²) in [6, 6.07) is 22.2. The number of esters is 8. The van der Waals surface area contributed by atoms with Gasteiger partial charge in [0.25, 0.3) is 0 Å². The summed E-state index contributed by atoms with van der Waals surface area (Å²) in [7, 11) is 0. The SMILES string of the molecule is CC(=O)Oc1c2cc(c(OC(C)=O)c1Br)C(C)c1cc(c(OC(C)=O)c(CSc3ccc(C)cc3)c1OC(C)=O)C(C)c1cc(c(OC(C)=O)c(Br)c1OC(C)=O)C(C)c1cc(c(OC(C)=O)c(CSc3ccc(C)cc3)c1OC(C)=O)C2C. The molecule has 0 spiro atoms. The van der Waals surface area contributed by atoms with Crippen molar-refractivity contribution in [2.24, 2.45) is 0 Å². The number of aryl methyl sites for hydroxylation is 2. The van der Waals surface area contributed by atoms with E-state index < -0.39 is 71.4 Å². The first-order valence-electron chi connectivity index (χ1n) is 26.5. The van der Waals surface area contributed by atoms with E-state index in [4.69, 9.17) is 37.9 Å². The van der Waals surface area contributed by atoms with Crippen LogP contribution in [0.1, 0.15) is 174 Å². The summed E-state index contributed by atoms with van der Waals surface area (Å²) in [5.74, 6) is -9.99. The highest BCUT2D eigenvalue weighted by Crippen LogP contribution is 2.57. The molecule has 0 saturated heterocycles. The van der Waals surface area contributed by atoms with Gasteiger partial charge in [-0.25, -0.2) is 0 Å². The molecule has 4 unspecified atom stereocenters. The number of hydrogen-bond acceptors (Lipinski definition) is 18. The molecule has 0 aromatic heterocycles. The van der Waals surface area contributed by atoms with Crippen LogP contribution in [0, 0.1) is 13.8 Å². The monoisotopic (exact) mass is 1310 g/mol. The first-order chi connectivity index (χ1) is 39.6. The molecule has 4 atom stereocenters. The van der Waals surface area contributed by atoms with Crippen LogP contribution in [0.5, 0.6) is 46.0 Å². The van der Waals surface area contributed by atoms with E-state index in [0.29, 0.717) is 22.3 Å². The summed E-state index contributed by atoms with van der Waals surface area (Å²) in [6.45, 7) is 20.7. The van der Waals surface area contributed by atoms with Gasteiger partial charge in [-0.2, -0.15) is 0 Å². The number of carbonyl (C=O) groups excluding carboxylic acids is 8. The predicted molar refractivity (Wildman–Crippen MR) is 323 cm³/mol. The lowest BCUT2D eigenvalue weighted by Crippen LogP contribution is -2.18. The van der Waals surface area contributed by atoms with Crippen molar-refractivity contribution in [1.29, 1.82) is 0 Å². The van der Waals surface area contributed by atoms with Crippen molar-refractivity contribution in [2.45, 2.75) is 142 Å². The lowest BCUT2D eigenvalue weighted by atomic mass is 9.79. The van der Waals surface area contributed by atoms with E-state index in [1.807, 2.05) is 62.4 Å². The van der Waals surface area contributed by atoms with Crippen molar-refractivity contribution in [3.05, 3.63) is 149 Å². The zero-order valence-electron chi connectivity index (χ0n) is 48.8. The molecule has 6 aromatic rings. The van der Waals surface area contributed by atoms with Gasteiger partial charge in [-0.3, -0.25) is 38.4 Å². The van der Waals surface area contributed by atoms with E-state index >= 15 is 0 Å². The van der Waals surface area contributed by atoms with Crippen LogP contribution in [-0.2, 0) is 49.9 Å². The fourth-order valence-corrected chi connectivity index (χ4v) is 13.0. The van der Waals surface area contributed by atoms with Crippen LogP contribution in [0.15, 0.2) is 91.5 Å². The van der Waals surface area contributed by atoms with E-state index in [1.54, 1.807) is 52.0 Å². The Bertz CT molecular complexity index is 3260. The molecule has 16 nitrogen and oxygen atoms in total. The molecule has 0 saturated carbocycles. The molecule has 0 fully saturated rings. The van der Waals surface area contributed by atoms with E-state index in [-0.39, 0.29) is 99.8 Å². The van der Waals surface area contributed by atoms with Gasteiger partial charge in [-0.1, -0.05) is 63.1 Å². The molecule has 0 N–H and O–H groups in total. The third-order valence-corrected chi connectivity index (χ3v) is 17.3. The number of thioether (sulfide) groups is 2. The molecule has 1 aliphatic carbocycles. The van der Waals surface area contributed by atoms with Gasteiger partial charge in [0.05, 0.1) is 0 Å². The van der Waals surface area contributed by atoms with Gasteiger partial charge in [0.1, 0.15) is 31.9 Å². The molecular weight excluding hydrogens is 1250 g/mol. The quantitative estimate of drug-likeness (QED) is 0.0564. The average Bonchev–Trinajstić information content (AvgIpc) is 0.900. The zero-order chi connectivity index (χ0) is 61.8. The third kappa shape index (κ3) is 14.6. The molecular formula is C64H62Br2O16S2. The Kier molecular flexibility index (Phi) is 20.8. The Morgan fingerprint density at radius 2 is 0.512 bits per heavy atom. The van der Waals surface area contributed by atoms with E-state index in [2.05, 4.69) is 31.9 Å². The third-order valence-electron chi connectivity index (χ3n) is 13.7. The normalized spacial score (nSPS) is 15.2. The number of ether oxygens (including phenoxy) is 8. The fourth-order valence-electron chi connectivity index (χ4n) is 9.94. The minimum absolute atomic E-state index is 0.00552. The lowest BCUT2D eigenvalue weighted by Gasteiger charge is -2.31. The van der Waals surface area contributed by atoms with Crippen molar-refractivity contribution in [3.63, 3.8) is 0 Å². The van der Waals surface area contributed by atoms with Crippen molar-refractivity contribution in [3.8, 4) is 46.0 Å². The van der Waals surface area contributed by atoms with Gasteiger partial charge >= 0.3 is 47.8 Å². The summed E-state index contributed by atoms with van der Waals surface area (Å²) in [4.78, 5) is 109. The smallest absolute Gasteiger partial charge is 0.308 e. The second-order valence-corrected chi connectivity index (χ2v) is 24.0. The molecule has 0 aliphatic heterocycles. The maximum Gasteiger partial charge on any atom is 0.308 e. The second kappa shape index (κ2) is 27.2. The maximum absolute atomic E-state index is 13.6. The summed E-state index contributed by atoms with van der Waals surface area (Å²) in [5.41, 5.74) is 4.96. The zero-order valence-corrected chi connectivity index (χ0v) is 53.6. The molecule has 1 aliphatic rings. The van der Waals surface area contributed by atoms with Crippen LogP contribution >= 0.6 is 55.4 Å². The number of halogens is 2. The highest BCUT2D eigenvalue weighted by Gasteiger charge is 2.38. The molecule has 84 heavy (non-hydrogen) atoms. The van der Waals surface area contributed by atoms with Crippen molar-refractivity contribution >= 4 is 103 Å². The standard InChI is InChI=1S/C64H62Br2O16S2/c1-29-15-19-43(20-16-29)83-27-53-57(75-35(7)67)45-23-46(58(53)76-36(8)68)32(4)50-26-52(64(82-42(14)74)56(66)62(50)80-40(12)72)34(6)48-24-47(33(5)51-25-49(31(45)3)61(79-39(11)71)55(65)63(51)81-41(13)73)59(77-37(9)69)54(60(48)78-38(10)70)28-84-44-21-17-30(2)18-22-44/h15-26,31-34H,27-28H2,1-14H3. The van der Waals surface area contributed by atoms with Gasteiger partial charge < -0.3 is 37.9 Å². The van der Waals surface area contributed by atoms with E-state index in [1.165, 1.54) is 78.9 Å². The van der Waals surface area contributed by atoms with Crippen LogP contribution in [0.25, 0.3) is 0 Å². The molecule has 6 aromatic carbocycles. The van der Waals surface area contributed by atoms with Crippen LogP contribution in [0.3, 0.4) is 0 Å². The average molecular weight is 1310 g/mol. The predicted octanol–water partition coefficient (Wildman–Crippen LogP) is 14.7. The van der Waals surface area contributed by atoms with E-state index in [9.17, 15) is 38.4 Å². The summed E-state index contributed by atoms with van der Waals surface area (Å²) in [5, 5.41) is 0. The molecule has 0 heterocycles. The Hall–Kier alpha value is -7.26. The number of rotatable bonds is 14. The summed E-state index contributed by atoms with van der Waals surface area (Å²) < 4.78 is 49.5. The van der Waals surface area contributed by atoms with Crippen LogP contribution in [-0.4, -0.2) is 47.8 Å². The first-order valence-corrected chi connectivity index (χ1v) is 30.1. The summed E-state index contributed by atoms with van der Waals surface area (Å²) >= 11 is 10.1. The largest absolute Gasteiger partial charge is 0.426 e. The Labute approximate surface area is 512 Å². The van der Waals surface area contributed by atoms with Gasteiger partial charge in [0.2, 0.25) is 0 Å². The Balaban J connectivity index is 1.78. The minimum atomic E-state index is -0.964. The summed E-state index contributed by atoms with van der Waals surface area (Å²) in [6.07, 6.45) is 0. The molecule has 0 amide bonds. The second-order valence-electron chi connectivity index (χ2n) is 20.3. The molecule has 20 heteroatoms. The fraction of sp³-hybridized carbons (Fsp3) is 0.312. The number of carbonyl (C=O) groups is 8. The number of fused-ring (bicyclic) bond motifs is 8. The Morgan fingerprint density at radius 3 is 0.702 bits per heavy atom. The van der Waals surface area contributed by atoms with Crippen LogP contribution in [0.2, 0.25) is 0 Å². The topological polar surface area (TPSA) is 210 Å². The van der Waals surface area contributed by atoms with Crippen LogP contribution < -0.4 is 37.9 Å².